The average Bonchev–Trinajstić information content (AvgIpc) is 2.98. The minimum absolute atomic E-state index is 0.250. The third-order valence-corrected chi connectivity index (χ3v) is 4.57. The van der Waals surface area contributed by atoms with Crippen molar-refractivity contribution in [3.63, 3.8) is 0 Å². The Balaban J connectivity index is 1.94. The normalized spacial score (nSPS) is 10.9. The molecule has 3 rings (SSSR count). The van der Waals surface area contributed by atoms with E-state index in [0.717, 1.165) is 39.0 Å². The van der Waals surface area contributed by atoms with Gasteiger partial charge >= 0.3 is 5.97 Å². The van der Waals surface area contributed by atoms with Crippen LogP contribution in [0.5, 0.6) is 11.5 Å². The van der Waals surface area contributed by atoms with Crippen molar-refractivity contribution in [1.82, 2.24) is 4.98 Å². The number of anilines is 1. The van der Waals surface area contributed by atoms with Gasteiger partial charge in [-0.05, 0) is 61.7 Å². The Labute approximate surface area is 146 Å². The standard InChI is InChI=1S/C20H22N2O3/c1-11-9-15-16(22-11)6-8-18(20(15)21)25-17-7-5-14(10-19(23)24-4)12(2)13(17)3/h5-9,22H,10,21H2,1-4H3. The van der Waals surface area contributed by atoms with Crippen molar-refractivity contribution in [2.75, 3.05) is 12.8 Å². The number of aromatic nitrogens is 1. The first-order valence-corrected chi connectivity index (χ1v) is 8.12. The summed E-state index contributed by atoms with van der Waals surface area (Å²) < 4.78 is 10.8. The molecule has 0 aliphatic carbocycles. The lowest BCUT2D eigenvalue weighted by Crippen LogP contribution is -2.07. The molecule has 5 nitrogen and oxygen atoms in total. The van der Waals surface area contributed by atoms with E-state index in [-0.39, 0.29) is 12.4 Å². The number of nitrogens with two attached hydrogens (primary N) is 1. The maximum absolute atomic E-state index is 11.5. The van der Waals surface area contributed by atoms with Crippen LogP contribution in [0.25, 0.3) is 10.9 Å². The van der Waals surface area contributed by atoms with Crippen molar-refractivity contribution in [2.24, 2.45) is 0 Å². The lowest BCUT2D eigenvalue weighted by Gasteiger charge is -2.15. The summed E-state index contributed by atoms with van der Waals surface area (Å²) in [6, 6.07) is 9.60. The Bertz CT molecular complexity index is 957. The molecular weight excluding hydrogens is 316 g/mol. The van der Waals surface area contributed by atoms with Gasteiger partial charge in [0.15, 0.2) is 5.75 Å². The van der Waals surface area contributed by atoms with Crippen LogP contribution in [0.2, 0.25) is 0 Å². The van der Waals surface area contributed by atoms with Crippen LogP contribution in [0.4, 0.5) is 5.69 Å². The van der Waals surface area contributed by atoms with Gasteiger partial charge in [0.2, 0.25) is 0 Å². The molecule has 0 saturated heterocycles. The zero-order valence-electron chi connectivity index (χ0n) is 14.9. The predicted molar refractivity (Wildman–Crippen MR) is 99.2 cm³/mol. The third-order valence-electron chi connectivity index (χ3n) is 4.57. The number of benzene rings is 2. The molecule has 0 atom stereocenters. The van der Waals surface area contributed by atoms with Gasteiger partial charge < -0.3 is 20.2 Å². The summed E-state index contributed by atoms with van der Waals surface area (Å²) >= 11 is 0. The topological polar surface area (TPSA) is 77.3 Å². The molecule has 5 heteroatoms. The molecule has 0 spiro atoms. The molecule has 130 valence electrons. The maximum atomic E-state index is 11.5. The number of nitrogen functional groups attached to an aromatic ring is 1. The summed E-state index contributed by atoms with van der Waals surface area (Å²) in [5.74, 6) is 1.09. The van der Waals surface area contributed by atoms with E-state index >= 15 is 0 Å². The molecule has 25 heavy (non-hydrogen) atoms. The molecule has 1 aromatic heterocycles. The van der Waals surface area contributed by atoms with Crippen LogP contribution in [-0.2, 0) is 16.0 Å². The number of carbonyl (C=O) groups is 1. The first-order chi connectivity index (χ1) is 11.9. The van der Waals surface area contributed by atoms with Crippen LogP contribution >= 0.6 is 0 Å². The van der Waals surface area contributed by atoms with Gasteiger partial charge in [-0.1, -0.05) is 6.07 Å². The molecule has 0 saturated carbocycles. The van der Waals surface area contributed by atoms with Crippen LogP contribution in [0.1, 0.15) is 22.4 Å². The van der Waals surface area contributed by atoms with E-state index in [1.807, 2.05) is 51.1 Å². The van der Waals surface area contributed by atoms with E-state index in [2.05, 4.69) is 4.98 Å². The largest absolute Gasteiger partial charge is 0.469 e. The van der Waals surface area contributed by atoms with Crippen molar-refractivity contribution in [2.45, 2.75) is 27.2 Å². The summed E-state index contributed by atoms with van der Waals surface area (Å²) in [6.07, 6.45) is 0.250. The molecule has 1 heterocycles. The number of ether oxygens (including phenoxy) is 2. The lowest BCUT2D eigenvalue weighted by atomic mass is 10.00. The average molecular weight is 338 g/mol. The number of carbonyl (C=O) groups excluding carboxylic acids is 1. The number of methoxy groups -OCH3 is 1. The Hall–Kier alpha value is -2.95. The smallest absolute Gasteiger partial charge is 0.309 e. The molecule has 0 unspecified atom stereocenters. The summed E-state index contributed by atoms with van der Waals surface area (Å²) in [7, 11) is 1.39. The molecule has 0 radical (unpaired) electrons. The Kier molecular flexibility index (Phi) is 4.40. The number of rotatable bonds is 4. The summed E-state index contributed by atoms with van der Waals surface area (Å²) in [5, 5.41) is 0.951. The fourth-order valence-corrected chi connectivity index (χ4v) is 2.94. The van der Waals surface area contributed by atoms with Gasteiger partial charge in [0, 0.05) is 16.6 Å². The fraction of sp³-hybridized carbons (Fsp3) is 0.250. The van der Waals surface area contributed by atoms with Crippen molar-refractivity contribution in [3.05, 3.63) is 52.7 Å². The number of H-pyrrole nitrogens is 1. The molecule has 3 aromatic rings. The van der Waals surface area contributed by atoms with E-state index in [1.54, 1.807) is 0 Å². The highest BCUT2D eigenvalue weighted by Gasteiger charge is 2.14. The van der Waals surface area contributed by atoms with E-state index in [1.165, 1.54) is 7.11 Å². The van der Waals surface area contributed by atoms with Crippen molar-refractivity contribution in [1.29, 1.82) is 0 Å². The zero-order chi connectivity index (χ0) is 18.1. The number of nitrogens with one attached hydrogen (secondary N) is 1. The van der Waals surface area contributed by atoms with E-state index in [9.17, 15) is 4.79 Å². The first kappa shape index (κ1) is 16.9. The molecule has 0 aliphatic rings. The maximum Gasteiger partial charge on any atom is 0.309 e. The van der Waals surface area contributed by atoms with Crippen LogP contribution < -0.4 is 10.5 Å². The molecule has 0 fully saturated rings. The highest BCUT2D eigenvalue weighted by Crippen LogP contribution is 2.36. The third kappa shape index (κ3) is 3.18. The number of hydrogen-bond donors (Lipinski definition) is 2. The van der Waals surface area contributed by atoms with Gasteiger partial charge in [-0.15, -0.1) is 0 Å². The molecule has 2 aromatic carbocycles. The van der Waals surface area contributed by atoms with Gasteiger partial charge in [-0.25, -0.2) is 0 Å². The van der Waals surface area contributed by atoms with Gasteiger partial charge in [0.05, 0.1) is 19.2 Å². The van der Waals surface area contributed by atoms with Gasteiger partial charge in [-0.2, -0.15) is 0 Å². The van der Waals surface area contributed by atoms with Crippen LogP contribution in [0, 0.1) is 20.8 Å². The van der Waals surface area contributed by atoms with E-state index < -0.39 is 0 Å². The molecule has 3 N–H and O–H groups in total. The number of hydrogen-bond acceptors (Lipinski definition) is 4. The monoisotopic (exact) mass is 338 g/mol. The van der Waals surface area contributed by atoms with Crippen LogP contribution in [0.3, 0.4) is 0 Å². The summed E-state index contributed by atoms with van der Waals surface area (Å²) in [4.78, 5) is 14.8. The second-order valence-electron chi connectivity index (χ2n) is 6.22. The van der Waals surface area contributed by atoms with Gasteiger partial charge in [0.25, 0.3) is 0 Å². The predicted octanol–water partition coefficient (Wildman–Crippen LogP) is 4.18. The molecule has 0 aliphatic heterocycles. The highest BCUT2D eigenvalue weighted by atomic mass is 16.5. The molecular formula is C20H22N2O3. The minimum atomic E-state index is -0.256. The van der Waals surface area contributed by atoms with Gasteiger partial charge in [0.1, 0.15) is 5.75 Å². The van der Waals surface area contributed by atoms with Gasteiger partial charge in [-0.3, -0.25) is 4.79 Å². The quantitative estimate of drug-likeness (QED) is 0.552. The number of esters is 1. The number of aromatic amines is 1. The highest BCUT2D eigenvalue weighted by molar-refractivity contribution is 5.94. The van der Waals surface area contributed by atoms with E-state index in [0.29, 0.717) is 11.4 Å². The minimum Gasteiger partial charge on any atom is -0.469 e. The fourth-order valence-electron chi connectivity index (χ4n) is 2.94. The Morgan fingerprint density at radius 1 is 1.08 bits per heavy atom. The van der Waals surface area contributed by atoms with Crippen molar-refractivity contribution >= 4 is 22.6 Å². The second-order valence-corrected chi connectivity index (χ2v) is 6.22. The number of fused-ring (bicyclic) bond motifs is 1. The zero-order valence-corrected chi connectivity index (χ0v) is 14.9. The van der Waals surface area contributed by atoms with E-state index in [4.69, 9.17) is 15.2 Å². The van der Waals surface area contributed by atoms with Crippen LogP contribution in [-0.4, -0.2) is 18.1 Å². The lowest BCUT2D eigenvalue weighted by molar-refractivity contribution is -0.139. The van der Waals surface area contributed by atoms with Crippen LogP contribution in [0.15, 0.2) is 30.3 Å². The Morgan fingerprint density at radius 3 is 2.52 bits per heavy atom. The first-order valence-electron chi connectivity index (χ1n) is 8.12. The molecule has 0 amide bonds. The SMILES string of the molecule is COC(=O)Cc1ccc(Oc2ccc3[nH]c(C)cc3c2N)c(C)c1C. The van der Waals surface area contributed by atoms with Crippen molar-refractivity contribution in [3.8, 4) is 11.5 Å². The molecule has 0 bridgehead atoms. The summed E-state index contributed by atoms with van der Waals surface area (Å²) in [6.45, 7) is 5.94. The van der Waals surface area contributed by atoms with Crippen molar-refractivity contribution < 1.29 is 14.3 Å². The summed E-state index contributed by atoms with van der Waals surface area (Å²) in [5.41, 5.74) is 11.9. The second kappa shape index (κ2) is 6.51. The number of aryl methyl sites for hydroxylation is 1. The Morgan fingerprint density at radius 2 is 1.80 bits per heavy atom.